The summed E-state index contributed by atoms with van der Waals surface area (Å²) in [6.45, 7) is 0. The molecular weight excluding hydrogens is 713 g/mol. The Labute approximate surface area is 341 Å². The Kier molecular flexibility index (Phi) is 7.57. The smallest absolute Gasteiger partial charge is 0.146 e. The summed E-state index contributed by atoms with van der Waals surface area (Å²) in [4.78, 5) is 5.33. The number of benzene rings is 10. The van der Waals surface area contributed by atoms with Gasteiger partial charge in [0.2, 0.25) is 0 Å². The van der Waals surface area contributed by atoms with Crippen LogP contribution < -0.4 is 0 Å². The summed E-state index contributed by atoms with van der Waals surface area (Å²) < 4.78 is 2.33. The van der Waals surface area contributed by atoms with Crippen molar-refractivity contribution in [3.05, 3.63) is 218 Å². The number of aromatic nitrogens is 2. The second-order valence-corrected chi connectivity index (χ2v) is 15.5. The first-order valence-corrected chi connectivity index (χ1v) is 20.3. The van der Waals surface area contributed by atoms with Crippen LogP contribution in [0.15, 0.2) is 218 Å². The summed E-state index contributed by atoms with van der Waals surface area (Å²) in [6, 6.07) is 79.5. The third-order valence-electron chi connectivity index (χ3n) is 12.2. The molecule has 10 aromatic carbocycles. The van der Waals surface area contributed by atoms with Gasteiger partial charge < -0.3 is 0 Å². The van der Waals surface area contributed by atoms with Crippen molar-refractivity contribution in [1.29, 1.82) is 0 Å². The fourth-order valence-electron chi connectivity index (χ4n) is 9.39. The first-order valence-electron chi connectivity index (χ1n) is 20.3. The van der Waals surface area contributed by atoms with E-state index >= 15 is 0 Å². The van der Waals surface area contributed by atoms with Crippen molar-refractivity contribution in [2.75, 3.05) is 0 Å². The quantitative estimate of drug-likeness (QED) is 0.127. The monoisotopic (exact) mass is 748 g/mol. The zero-order chi connectivity index (χ0) is 38.9. The molecule has 0 atom stereocenters. The first-order chi connectivity index (χ1) is 29.3. The Morgan fingerprint density at radius 2 is 0.678 bits per heavy atom. The van der Waals surface area contributed by atoms with Crippen LogP contribution in [0.3, 0.4) is 0 Å². The highest BCUT2D eigenvalue weighted by atomic mass is 15.0. The molecule has 0 spiro atoms. The van der Waals surface area contributed by atoms with Gasteiger partial charge in [0, 0.05) is 10.8 Å². The van der Waals surface area contributed by atoms with Crippen LogP contribution in [0, 0.1) is 0 Å². The molecule has 2 aromatic heterocycles. The van der Waals surface area contributed by atoms with Gasteiger partial charge in [-0.3, -0.25) is 4.40 Å². The Balaban J connectivity index is 1.09. The SMILES string of the molecule is c1ccc(-c2ccc(-c3c4ccccc4c(-c4ccc(-c5ccccc5)cc4)c4cc(-c5ccc6c(c5)nc5c7ccccc7c7ccccc7n65)ccc34)cc2)cc1. The van der Waals surface area contributed by atoms with Crippen molar-refractivity contribution < 1.29 is 0 Å². The molecule has 0 N–H and O–H groups in total. The predicted octanol–water partition coefficient (Wildman–Crippen LogP) is 15.4. The van der Waals surface area contributed by atoms with E-state index in [4.69, 9.17) is 4.98 Å². The van der Waals surface area contributed by atoms with Gasteiger partial charge >= 0.3 is 0 Å². The fraction of sp³-hybridized carbons (Fsp3) is 0. The predicted molar refractivity (Wildman–Crippen MR) is 250 cm³/mol. The molecule has 0 radical (unpaired) electrons. The highest BCUT2D eigenvalue weighted by Crippen LogP contribution is 2.46. The van der Waals surface area contributed by atoms with Crippen LogP contribution in [0.1, 0.15) is 0 Å². The molecule has 2 heteroatoms. The lowest BCUT2D eigenvalue weighted by Crippen LogP contribution is -1.92. The maximum Gasteiger partial charge on any atom is 0.146 e. The van der Waals surface area contributed by atoms with Crippen molar-refractivity contribution in [3.8, 4) is 55.6 Å². The molecule has 0 bridgehead atoms. The summed E-state index contributed by atoms with van der Waals surface area (Å²) in [5, 5.41) is 8.55. The molecule has 0 amide bonds. The van der Waals surface area contributed by atoms with Gasteiger partial charge in [-0.25, -0.2) is 4.98 Å². The molecule has 0 aliphatic carbocycles. The van der Waals surface area contributed by atoms with E-state index in [1.165, 1.54) is 82.3 Å². The lowest BCUT2D eigenvalue weighted by atomic mass is 9.84. The normalized spacial score (nSPS) is 11.7. The molecule has 0 unspecified atom stereocenters. The van der Waals surface area contributed by atoms with Crippen LogP contribution in [0.25, 0.3) is 116 Å². The fourth-order valence-corrected chi connectivity index (χ4v) is 9.39. The largest absolute Gasteiger partial charge is 0.292 e. The molecule has 2 nitrogen and oxygen atoms in total. The maximum absolute atomic E-state index is 5.33. The number of rotatable bonds is 5. The molecule has 0 aliphatic rings. The molecule has 0 aliphatic heterocycles. The molecule has 0 saturated heterocycles. The lowest BCUT2D eigenvalue weighted by molar-refractivity contribution is 1.31. The maximum atomic E-state index is 5.33. The van der Waals surface area contributed by atoms with E-state index in [1.54, 1.807) is 0 Å². The summed E-state index contributed by atoms with van der Waals surface area (Å²) in [7, 11) is 0. The second-order valence-electron chi connectivity index (χ2n) is 15.5. The first kappa shape index (κ1) is 33.3. The van der Waals surface area contributed by atoms with Crippen molar-refractivity contribution in [2.24, 2.45) is 0 Å². The molecule has 59 heavy (non-hydrogen) atoms. The molecule has 274 valence electrons. The number of fused-ring (bicyclic) bond motifs is 10. The summed E-state index contributed by atoms with van der Waals surface area (Å²) in [5.74, 6) is 0. The molecule has 0 fully saturated rings. The van der Waals surface area contributed by atoms with Gasteiger partial charge in [0.05, 0.1) is 16.6 Å². The van der Waals surface area contributed by atoms with Gasteiger partial charge in [0.25, 0.3) is 0 Å². The van der Waals surface area contributed by atoms with Crippen LogP contribution in [0.2, 0.25) is 0 Å². The molecule has 2 heterocycles. The number of pyridine rings is 1. The second kappa shape index (κ2) is 13.4. The number of hydrogen-bond donors (Lipinski definition) is 0. The Morgan fingerprint density at radius 3 is 1.31 bits per heavy atom. The third-order valence-corrected chi connectivity index (χ3v) is 12.2. The van der Waals surface area contributed by atoms with Crippen molar-refractivity contribution in [3.63, 3.8) is 0 Å². The number of nitrogens with zero attached hydrogens (tertiary/aromatic N) is 2. The van der Waals surface area contributed by atoms with E-state index in [9.17, 15) is 0 Å². The van der Waals surface area contributed by atoms with Gasteiger partial charge in [-0.05, 0) is 107 Å². The van der Waals surface area contributed by atoms with Gasteiger partial charge in [-0.1, -0.05) is 194 Å². The van der Waals surface area contributed by atoms with E-state index in [0.717, 1.165) is 33.2 Å². The van der Waals surface area contributed by atoms with E-state index < -0.39 is 0 Å². The van der Waals surface area contributed by atoms with Crippen LogP contribution in [-0.4, -0.2) is 9.38 Å². The number of para-hydroxylation sites is 1. The Bertz CT molecular complexity index is 3560. The van der Waals surface area contributed by atoms with Gasteiger partial charge in [0.15, 0.2) is 0 Å². The zero-order valence-electron chi connectivity index (χ0n) is 32.2. The molecule has 12 aromatic rings. The minimum absolute atomic E-state index is 0.985. The van der Waals surface area contributed by atoms with Crippen molar-refractivity contribution in [1.82, 2.24) is 9.38 Å². The Hall–Kier alpha value is -7.81. The van der Waals surface area contributed by atoms with Crippen LogP contribution in [0.5, 0.6) is 0 Å². The average Bonchev–Trinajstić information content (AvgIpc) is 3.71. The van der Waals surface area contributed by atoms with Crippen molar-refractivity contribution >= 4 is 59.9 Å². The number of hydrogen-bond acceptors (Lipinski definition) is 1. The molecule has 12 rings (SSSR count). The highest BCUT2D eigenvalue weighted by molar-refractivity contribution is 6.22. The summed E-state index contributed by atoms with van der Waals surface area (Å²) in [6.07, 6.45) is 0. The van der Waals surface area contributed by atoms with Crippen LogP contribution >= 0.6 is 0 Å². The van der Waals surface area contributed by atoms with E-state index in [0.29, 0.717) is 0 Å². The van der Waals surface area contributed by atoms with Gasteiger partial charge in [-0.2, -0.15) is 0 Å². The average molecular weight is 749 g/mol. The standard InChI is InChI=1S/C57H36N2/c1-3-13-37(14-4-1)39-23-27-41(28-24-39)55-47-19-8-9-20-48(47)56(42-29-25-40(26-30-42)38-15-5-2-6-16-38)51-35-43(31-33-49(51)55)44-32-34-54-52(36-44)58-57-50-21-10-7-17-45(50)46-18-11-12-22-53(46)59(54)57/h1-36H. The highest BCUT2D eigenvalue weighted by Gasteiger charge is 2.19. The minimum Gasteiger partial charge on any atom is -0.292 e. The van der Waals surface area contributed by atoms with Crippen molar-refractivity contribution in [2.45, 2.75) is 0 Å². The van der Waals surface area contributed by atoms with Crippen LogP contribution in [-0.2, 0) is 0 Å². The Morgan fingerprint density at radius 1 is 0.254 bits per heavy atom. The van der Waals surface area contributed by atoms with E-state index in [1.807, 2.05) is 0 Å². The number of imidazole rings is 1. The van der Waals surface area contributed by atoms with Gasteiger partial charge in [0.1, 0.15) is 5.65 Å². The van der Waals surface area contributed by atoms with Crippen LogP contribution in [0.4, 0.5) is 0 Å². The van der Waals surface area contributed by atoms with E-state index in [2.05, 4.69) is 223 Å². The summed E-state index contributed by atoms with van der Waals surface area (Å²) >= 11 is 0. The minimum atomic E-state index is 0.985. The lowest BCUT2D eigenvalue weighted by Gasteiger charge is -2.19. The third kappa shape index (κ3) is 5.38. The molecular formula is C57H36N2. The summed E-state index contributed by atoms with van der Waals surface area (Å²) in [5.41, 5.74) is 16.3. The van der Waals surface area contributed by atoms with Gasteiger partial charge in [-0.15, -0.1) is 0 Å². The topological polar surface area (TPSA) is 17.3 Å². The zero-order valence-corrected chi connectivity index (χ0v) is 32.2. The molecule has 0 saturated carbocycles. The van der Waals surface area contributed by atoms with E-state index in [-0.39, 0.29) is 0 Å².